The smallest absolute Gasteiger partial charge is 0.245 e. The third-order valence-corrected chi connectivity index (χ3v) is 7.81. The zero-order valence-electron chi connectivity index (χ0n) is 13.4. The molecule has 3 fully saturated rings. The molecule has 0 unspecified atom stereocenters. The van der Waals surface area contributed by atoms with Crippen molar-refractivity contribution in [1.82, 2.24) is 9.21 Å². The van der Waals surface area contributed by atoms with E-state index in [0.29, 0.717) is 25.3 Å². The summed E-state index contributed by atoms with van der Waals surface area (Å²) in [6.07, 6.45) is 0.560. The van der Waals surface area contributed by atoms with Crippen LogP contribution < -0.4 is 4.74 Å². The normalized spacial score (nSPS) is 29.2. The number of hydrogen-bond acceptors (Lipinski definition) is 5. The van der Waals surface area contributed by atoms with E-state index in [4.69, 9.17) is 32.7 Å². The van der Waals surface area contributed by atoms with E-state index in [1.54, 1.807) is 4.90 Å². The Kier molecular flexibility index (Phi) is 3.97. The molecule has 0 radical (unpaired) electrons. The van der Waals surface area contributed by atoms with E-state index in [2.05, 4.69) is 0 Å². The molecule has 2 atom stereocenters. The minimum absolute atomic E-state index is 0.0238. The Hall–Kier alpha value is -1.06. The highest BCUT2D eigenvalue weighted by molar-refractivity contribution is 7.89. The first-order valence-electron chi connectivity index (χ1n) is 7.80. The second-order valence-electron chi connectivity index (χ2n) is 6.24. The molecule has 10 heteroatoms. The lowest BCUT2D eigenvalue weighted by Gasteiger charge is -2.31. The first-order valence-corrected chi connectivity index (χ1v) is 10.00. The van der Waals surface area contributed by atoms with Gasteiger partial charge in [0.05, 0.1) is 29.8 Å². The molecule has 0 bridgehead atoms. The van der Waals surface area contributed by atoms with Crippen LogP contribution in [0.5, 0.6) is 5.75 Å². The predicted octanol–water partition coefficient (Wildman–Crippen LogP) is 1.72. The van der Waals surface area contributed by atoms with Crippen molar-refractivity contribution in [3.63, 3.8) is 0 Å². The van der Waals surface area contributed by atoms with E-state index < -0.39 is 21.8 Å². The molecule has 3 heterocycles. The minimum Gasteiger partial charge on any atom is -0.495 e. The molecule has 0 saturated carbocycles. The van der Waals surface area contributed by atoms with Crippen LogP contribution in [0, 0.1) is 0 Å². The van der Waals surface area contributed by atoms with Crippen molar-refractivity contribution in [2.24, 2.45) is 0 Å². The van der Waals surface area contributed by atoms with Crippen LogP contribution in [0.25, 0.3) is 0 Å². The van der Waals surface area contributed by atoms with Crippen LogP contribution in [0.15, 0.2) is 17.0 Å². The molecule has 0 aromatic heterocycles. The summed E-state index contributed by atoms with van der Waals surface area (Å²) < 4.78 is 38.6. The summed E-state index contributed by atoms with van der Waals surface area (Å²) in [5.41, 5.74) is -0.840. The third kappa shape index (κ3) is 2.31. The Morgan fingerprint density at radius 3 is 2.76 bits per heavy atom. The summed E-state index contributed by atoms with van der Waals surface area (Å²) in [6, 6.07) is 2.11. The number of nitrogens with zero attached hydrogens (tertiary/aromatic N) is 2. The highest BCUT2D eigenvalue weighted by Gasteiger charge is 2.64. The molecular weight excluding hydrogens is 391 g/mol. The van der Waals surface area contributed by atoms with Gasteiger partial charge in [0.15, 0.2) is 5.72 Å². The van der Waals surface area contributed by atoms with Crippen molar-refractivity contribution in [2.75, 3.05) is 26.8 Å². The highest BCUT2D eigenvalue weighted by atomic mass is 35.5. The number of amides is 1. The molecule has 0 aliphatic carbocycles. The van der Waals surface area contributed by atoms with Gasteiger partial charge in [0.1, 0.15) is 10.6 Å². The molecule has 1 amide bonds. The largest absolute Gasteiger partial charge is 0.495 e. The van der Waals surface area contributed by atoms with E-state index in [9.17, 15) is 13.2 Å². The van der Waals surface area contributed by atoms with Gasteiger partial charge in [-0.2, -0.15) is 4.31 Å². The number of sulfonamides is 1. The Labute approximate surface area is 155 Å². The zero-order chi connectivity index (χ0) is 18.0. The molecule has 1 aromatic rings. The lowest BCUT2D eigenvalue weighted by Crippen LogP contribution is -2.48. The second kappa shape index (κ2) is 5.72. The zero-order valence-corrected chi connectivity index (χ0v) is 15.7. The minimum atomic E-state index is -3.94. The number of benzene rings is 1. The Bertz CT molecular complexity index is 862. The molecule has 1 spiro atoms. The highest BCUT2D eigenvalue weighted by Crippen LogP contribution is 2.48. The number of carbonyl (C=O) groups is 1. The van der Waals surface area contributed by atoms with Gasteiger partial charge in [0.2, 0.25) is 15.9 Å². The van der Waals surface area contributed by atoms with Crippen LogP contribution in [-0.2, 0) is 19.6 Å². The first-order chi connectivity index (χ1) is 11.8. The van der Waals surface area contributed by atoms with Gasteiger partial charge in [-0.1, -0.05) is 23.2 Å². The number of ether oxygens (including phenoxy) is 2. The Morgan fingerprint density at radius 1 is 1.28 bits per heavy atom. The molecule has 25 heavy (non-hydrogen) atoms. The molecule has 3 aliphatic heterocycles. The van der Waals surface area contributed by atoms with Gasteiger partial charge in [-0.3, -0.25) is 4.79 Å². The standard InChI is InChI=1S/C15H16Cl2N2O5S/c1-23-11-6-10(17)12(7-9(11)16)25(21,22)19-3-2-15-13(19)8-14(20)18(15)4-5-24-15/h6-7,13H,2-5,8H2,1H3/t13-,15+/m1/s1. The monoisotopic (exact) mass is 406 g/mol. The molecular formula is C15H16Cl2N2O5S. The first kappa shape index (κ1) is 17.4. The van der Waals surface area contributed by atoms with Gasteiger partial charge in [-0.25, -0.2) is 8.42 Å². The van der Waals surface area contributed by atoms with Crippen LogP contribution in [0.2, 0.25) is 10.0 Å². The maximum Gasteiger partial charge on any atom is 0.245 e. The number of methoxy groups -OCH3 is 1. The van der Waals surface area contributed by atoms with Crippen molar-refractivity contribution in [1.29, 1.82) is 0 Å². The van der Waals surface area contributed by atoms with E-state index in [1.807, 2.05) is 0 Å². The van der Waals surface area contributed by atoms with Crippen molar-refractivity contribution in [3.05, 3.63) is 22.2 Å². The predicted molar refractivity (Wildman–Crippen MR) is 90.3 cm³/mol. The topological polar surface area (TPSA) is 76.2 Å². The van der Waals surface area contributed by atoms with Gasteiger partial charge in [-0.05, 0) is 6.07 Å². The maximum atomic E-state index is 13.2. The summed E-state index contributed by atoms with van der Waals surface area (Å²) in [5, 5.41) is 0.177. The number of halogens is 2. The van der Waals surface area contributed by atoms with Gasteiger partial charge in [0, 0.05) is 32.0 Å². The molecule has 3 saturated heterocycles. The number of hydrogen-bond donors (Lipinski definition) is 0. The van der Waals surface area contributed by atoms with E-state index >= 15 is 0 Å². The van der Waals surface area contributed by atoms with Crippen LogP contribution in [0.1, 0.15) is 12.8 Å². The van der Waals surface area contributed by atoms with Crippen LogP contribution >= 0.6 is 23.2 Å². The van der Waals surface area contributed by atoms with E-state index in [0.717, 1.165) is 0 Å². The molecule has 3 aliphatic rings. The van der Waals surface area contributed by atoms with Crippen molar-refractivity contribution in [3.8, 4) is 5.75 Å². The molecule has 7 nitrogen and oxygen atoms in total. The fraction of sp³-hybridized carbons (Fsp3) is 0.533. The third-order valence-electron chi connectivity index (χ3n) is 5.14. The van der Waals surface area contributed by atoms with E-state index in [-0.39, 0.29) is 33.8 Å². The lowest BCUT2D eigenvalue weighted by molar-refractivity contribution is -0.136. The molecule has 1 aromatic carbocycles. The maximum absolute atomic E-state index is 13.2. The second-order valence-corrected chi connectivity index (χ2v) is 8.91. The van der Waals surface area contributed by atoms with Gasteiger partial charge in [-0.15, -0.1) is 0 Å². The van der Waals surface area contributed by atoms with Crippen molar-refractivity contribution < 1.29 is 22.7 Å². The van der Waals surface area contributed by atoms with Gasteiger partial charge in [0.25, 0.3) is 0 Å². The summed E-state index contributed by atoms with van der Waals surface area (Å²) in [7, 11) is -2.51. The van der Waals surface area contributed by atoms with Crippen LogP contribution in [0.3, 0.4) is 0 Å². The Morgan fingerprint density at radius 2 is 2.04 bits per heavy atom. The number of rotatable bonds is 3. The Balaban J connectivity index is 1.75. The molecule has 4 rings (SSSR count). The van der Waals surface area contributed by atoms with E-state index in [1.165, 1.54) is 23.5 Å². The van der Waals surface area contributed by atoms with Crippen molar-refractivity contribution >= 4 is 39.1 Å². The van der Waals surface area contributed by atoms with Crippen LogP contribution in [0.4, 0.5) is 0 Å². The fourth-order valence-corrected chi connectivity index (χ4v) is 6.52. The summed E-state index contributed by atoms with van der Waals surface area (Å²) in [4.78, 5) is 13.8. The summed E-state index contributed by atoms with van der Waals surface area (Å²) in [5.74, 6) is 0.214. The number of carbonyl (C=O) groups excluding carboxylic acids is 1. The van der Waals surface area contributed by atoms with Gasteiger partial charge >= 0.3 is 0 Å². The fourth-order valence-electron chi connectivity index (χ4n) is 4.03. The average Bonchev–Trinajstić information content (AvgIpc) is 3.20. The quantitative estimate of drug-likeness (QED) is 0.763. The lowest BCUT2D eigenvalue weighted by atomic mass is 10.1. The van der Waals surface area contributed by atoms with Gasteiger partial charge < -0.3 is 14.4 Å². The molecule has 136 valence electrons. The van der Waals surface area contributed by atoms with Crippen LogP contribution in [-0.4, -0.2) is 62.1 Å². The van der Waals surface area contributed by atoms with Crippen molar-refractivity contribution in [2.45, 2.75) is 29.5 Å². The summed E-state index contributed by atoms with van der Waals surface area (Å²) >= 11 is 12.3. The average molecular weight is 407 g/mol. The molecule has 0 N–H and O–H groups in total. The summed E-state index contributed by atoms with van der Waals surface area (Å²) in [6.45, 7) is 1.18. The SMILES string of the molecule is COc1cc(Cl)c(S(=O)(=O)N2CC[C@@]34OCCN3C(=O)C[C@@H]24)cc1Cl.